The predicted octanol–water partition coefficient (Wildman–Crippen LogP) is 0.869. The largest absolute Gasteiger partial charge is 0.469 e. The van der Waals surface area contributed by atoms with E-state index >= 15 is 0 Å². The van der Waals surface area contributed by atoms with Gasteiger partial charge < -0.3 is 15.4 Å². The number of nitrogens with two attached hydrogens (primary N) is 1. The van der Waals surface area contributed by atoms with Crippen molar-refractivity contribution in [2.24, 2.45) is 11.7 Å². The third kappa shape index (κ3) is 5.82. The topological polar surface area (TPSA) is 72.6 Å². The van der Waals surface area contributed by atoms with Crippen molar-refractivity contribution in [1.29, 1.82) is 0 Å². The van der Waals surface area contributed by atoms with Crippen LogP contribution in [0.1, 0.15) is 26.7 Å². The van der Waals surface area contributed by atoms with Crippen LogP contribution < -0.4 is 5.73 Å². The molecule has 0 aromatic heterocycles. The van der Waals surface area contributed by atoms with Gasteiger partial charge in [0.15, 0.2) is 0 Å². The Labute approximate surface area is 119 Å². The first-order valence-electron chi connectivity index (χ1n) is 6.55. The Hall–Kier alpha value is -0.750. The van der Waals surface area contributed by atoms with Crippen LogP contribution >= 0.6 is 11.8 Å². The molecule has 1 saturated heterocycles. The molecule has 0 atom stereocenters. The highest BCUT2D eigenvalue weighted by molar-refractivity contribution is 8.00. The molecule has 0 radical (unpaired) electrons. The number of thioether (sulfide) groups is 1. The number of piperidine rings is 1. The van der Waals surface area contributed by atoms with E-state index in [1.54, 1.807) is 11.8 Å². The van der Waals surface area contributed by atoms with Crippen LogP contribution in [-0.4, -0.2) is 54.0 Å². The van der Waals surface area contributed by atoms with E-state index in [4.69, 9.17) is 10.5 Å². The van der Waals surface area contributed by atoms with Crippen molar-refractivity contribution < 1.29 is 14.3 Å². The summed E-state index contributed by atoms with van der Waals surface area (Å²) >= 11 is 1.57. The molecule has 0 aromatic carbocycles. The van der Waals surface area contributed by atoms with Gasteiger partial charge in [-0.05, 0) is 26.7 Å². The number of rotatable bonds is 5. The summed E-state index contributed by atoms with van der Waals surface area (Å²) in [5.74, 6) is 1.15. The van der Waals surface area contributed by atoms with E-state index < -0.39 is 0 Å². The lowest BCUT2D eigenvalue weighted by Crippen LogP contribution is -2.42. The summed E-state index contributed by atoms with van der Waals surface area (Å²) in [6.45, 7) is 5.19. The summed E-state index contributed by atoms with van der Waals surface area (Å²) in [5, 5.41) is 0. The lowest BCUT2D eigenvalue weighted by Gasteiger charge is -2.31. The van der Waals surface area contributed by atoms with Gasteiger partial charge in [0.2, 0.25) is 5.91 Å². The molecule has 6 heteroatoms. The normalized spacial score (nSPS) is 17.4. The van der Waals surface area contributed by atoms with E-state index in [2.05, 4.69) is 0 Å². The molecule has 1 amide bonds. The number of ether oxygens (including phenoxy) is 1. The van der Waals surface area contributed by atoms with Crippen molar-refractivity contribution in [2.75, 3.05) is 31.7 Å². The van der Waals surface area contributed by atoms with Gasteiger partial charge in [-0.25, -0.2) is 0 Å². The minimum absolute atomic E-state index is 0.0512. The Morgan fingerprint density at radius 1 is 1.37 bits per heavy atom. The van der Waals surface area contributed by atoms with E-state index in [0.29, 0.717) is 31.7 Å². The van der Waals surface area contributed by atoms with Gasteiger partial charge in [-0.2, -0.15) is 11.8 Å². The average Bonchev–Trinajstić information content (AvgIpc) is 2.36. The molecule has 1 rings (SSSR count). The number of carbonyl (C=O) groups is 2. The molecule has 0 spiro atoms. The summed E-state index contributed by atoms with van der Waals surface area (Å²) in [5.41, 5.74) is 5.62. The van der Waals surface area contributed by atoms with Crippen LogP contribution in [0.4, 0.5) is 0 Å². The van der Waals surface area contributed by atoms with Gasteiger partial charge >= 0.3 is 5.97 Å². The minimum Gasteiger partial charge on any atom is -0.469 e. The predicted molar refractivity (Wildman–Crippen MR) is 76.9 cm³/mol. The van der Waals surface area contributed by atoms with Crippen LogP contribution in [0.25, 0.3) is 0 Å². The summed E-state index contributed by atoms with van der Waals surface area (Å²) in [7, 11) is 1.41. The number of likely N-dealkylation sites (tertiary alicyclic amines) is 1. The Morgan fingerprint density at radius 2 is 1.95 bits per heavy atom. The van der Waals surface area contributed by atoms with Gasteiger partial charge in [0.05, 0.1) is 18.8 Å². The number of carbonyl (C=O) groups excluding carboxylic acids is 2. The molecule has 0 aromatic rings. The van der Waals surface area contributed by atoms with E-state index in [0.717, 1.165) is 5.75 Å². The lowest BCUT2D eigenvalue weighted by molar-refractivity contribution is -0.148. The second-order valence-corrected chi connectivity index (χ2v) is 6.65. The lowest BCUT2D eigenvalue weighted by atomic mass is 9.97. The molecular weight excluding hydrogens is 264 g/mol. The van der Waals surface area contributed by atoms with E-state index in [1.165, 1.54) is 7.11 Å². The van der Waals surface area contributed by atoms with Crippen molar-refractivity contribution in [3.05, 3.63) is 0 Å². The maximum absolute atomic E-state index is 12.0. The molecule has 19 heavy (non-hydrogen) atoms. The van der Waals surface area contributed by atoms with Gasteiger partial charge in [-0.1, -0.05) is 0 Å². The highest BCUT2D eigenvalue weighted by atomic mass is 32.2. The summed E-state index contributed by atoms with van der Waals surface area (Å²) in [6.07, 6.45) is 1.40. The number of nitrogens with zero attached hydrogens (tertiary/aromatic N) is 1. The third-order valence-corrected chi connectivity index (χ3v) is 4.48. The van der Waals surface area contributed by atoms with Gasteiger partial charge in [-0.3, -0.25) is 9.59 Å². The summed E-state index contributed by atoms with van der Waals surface area (Å²) < 4.78 is 4.73. The Bertz CT molecular complexity index is 320. The highest BCUT2D eigenvalue weighted by Crippen LogP contribution is 2.19. The number of methoxy groups -OCH3 is 1. The molecule has 2 N–H and O–H groups in total. The maximum Gasteiger partial charge on any atom is 0.308 e. The number of amides is 1. The van der Waals surface area contributed by atoms with Gasteiger partial charge in [0.25, 0.3) is 0 Å². The quantitative estimate of drug-likeness (QED) is 0.760. The molecule has 1 aliphatic rings. The average molecular weight is 288 g/mol. The molecule has 0 aliphatic carbocycles. The molecular formula is C13H24N2O3S. The molecule has 1 aliphatic heterocycles. The van der Waals surface area contributed by atoms with Crippen molar-refractivity contribution in [3.8, 4) is 0 Å². The van der Waals surface area contributed by atoms with E-state index in [-0.39, 0.29) is 23.3 Å². The third-order valence-electron chi connectivity index (χ3n) is 3.08. The van der Waals surface area contributed by atoms with Gasteiger partial charge in [0, 0.05) is 24.4 Å². The van der Waals surface area contributed by atoms with E-state index in [1.807, 2.05) is 18.7 Å². The summed E-state index contributed by atoms with van der Waals surface area (Å²) in [4.78, 5) is 25.2. The standard InChI is InChI=1S/C13H24N2O3S/c1-13(2,14)9-19-8-11(16)15-6-4-10(5-7-15)12(17)18-3/h10H,4-9,14H2,1-3H3. The number of hydrogen-bond donors (Lipinski definition) is 1. The number of esters is 1. The van der Waals surface area contributed by atoms with Gasteiger partial charge in [0.1, 0.15) is 0 Å². The van der Waals surface area contributed by atoms with E-state index in [9.17, 15) is 9.59 Å². The van der Waals surface area contributed by atoms with Crippen LogP contribution in [0.5, 0.6) is 0 Å². The van der Waals surface area contributed by atoms with Crippen molar-refractivity contribution >= 4 is 23.6 Å². The molecule has 1 fully saturated rings. The highest BCUT2D eigenvalue weighted by Gasteiger charge is 2.27. The Morgan fingerprint density at radius 3 is 2.42 bits per heavy atom. The van der Waals surface area contributed by atoms with Gasteiger partial charge in [-0.15, -0.1) is 0 Å². The molecule has 1 heterocycles. The van der Waals surface area contributed by atoms with Crippen LogP contribution in [0.3, 0.4) is 0 Å². The molecule has 110 valence electrons. The molecule has 0 unspecified atom stereocenters. The zero-order valence-electron chi connectivity index (χ0n) is 12.0. The van der Waals surface area contributed by atoms with Crippen molar-refractivity contribution in [2.45, 2.75) is 32.2 Å². The first-order valence-corrected chi connectivity index (χ1v) is 7.71. The second-order valence-electron chi connectivity index (χ2n) is 5.66. The van der Waals surface area contributed by atoms with Crippen molar-refractivity contribution in [3.63, 3.8) is 0 Å². The summed E-state index contributed by atoms with van der Waals surface area (Å²) in [6, 6.07) is 0. The van der Waals surface area contributed by atoms with Crippen molar-refractivity contribution in [1.82, 2.24) is 4.90 Å². The Balaban J connectivity index is 2.27. The second kappa shape index (κ2) is 7.14. The molecule has 5 nitrogen and oxygen atoms in total. The Kier molecular flexibility index (Phi) is 6.13. The van der Waals surface area contributed by atoms with Crippen LogP contribution in [0.2, 0.25) is 0 Å². The zero-order chi connectivity index (χ0) is 14.5. The molecule has 0 bridgehead atoms. The maximum atomic E-state index is 12.0. The SMILES string of the molecule is COC(=O)C1CCN(C(=O)CSCC(C)(C)N)CC1. The fourth-order valence-electron chi connectivity index (χ4n) is 2.02. The number of hydrogen-bond acceptors (Lipinski definition) is 5. The zero-order valence-corrected chi connectivity index (χ0v) is 12.8. The molecule has 0 saturated carbocycles. The van der Waals surface area contributed by atoms with Crippen LogP contribution in [-0.2, 0) is 14.3 Å². The fourth-order valence-corrected chi connectivity index (χ4v) is 3.01. The van der Waals surface area contributed by atoms with Crippen LogP contribution in [0.15, 0.2) is 0 Å². The smallest absolute Gasteiger partial charge is 0.308 e. The first kappa shape index (κ1) is 16.3. The monoisotopic (exact) mass is 288 g/mol. The minimum atomic E-state index is -0.247. The fraction of sp³-hybridized carbons (Fsp3) is 0.846. The first-order chi connectivity index (χ1) is 8.83. The van der Waals surface area contributed by atoms with Crippen LogP contribution in [0, 0.1) is 5.92 Å².